The number of fused-ring (bicyclic) bond motifs is 1. The summed E-state index contributed by atoms with van der Waals surface area (Å²) in [4.78, 5) is 0. The second kappa shape index (κ2) is 4.45. The van der Waals surface area contributed by atoms with Crippen molar-refractivity contribution >= 4 is 0 Å². The smallest absolute Gasteiger partial charge is 0.00947 e. The largest absolute Gasteiger partial charge is 0.0913 e. The highest BCUT2D eigenvalue weighted by molar-refractivity contribution is 5.38. The van der Waals surface area contributed by atoms with Crippen molar-refractivity contribution in [1.29, 1.82) is 0 Å². The van der Waals surface area contributed by atoms with Crippen molar-refractivity contribution in [3.63, 3.8) is 0 Å². The van der Waals surface area contributed by atoms with E-state index < -0.39 is 0 Å². The minimum absolute atomic E-state index is 1.11. The first-order chi connectivity index (χ1) is 6.92. The molecule has 1 aromatic rings. The molecule has 0 nitrogen and oxygen atoms in total. The molecule has 0 aliphatic heterocycles. The number of rotatable bonds is 2. The van der Waals surface area contributed by atoms with E-state index in [4.69, 9.17) is 0 Å². The minimum atomic E-state index is 1.11. The van der Waals surface area contributed by atoms with Gasteiger partial charge < -0.3 is 0 Å². The highest BCUT2D eigenvalue weighted by Gasteiger charge is 2.11. The van der Waals surface area contributed by atoms with Crippen molar-refractivity contribution in [3.05, 3.63) is 47.0 Å². The van der Waals surface area contributed by atoms with E-state index >= 15 is 0 Å². The van der Waals surface area contributed by atoms with Crippen molar-refractivity contribution in [2.75, 3.05) is 0 Å². The van der Waals surface area contributed by atoms with Crippen LogP contribution in [0.15, 0.2) is 30.4 Å². The normalized spacial score (nSPS) is 15.8. The van der Waals surface area contributed by atoms with Crippen molar-refractivity contribution in [1.82, 2.24) is 0 Å². The lowest BCUT2D eigenvalue weighted by Gasteiger charge is -2.18. The Bertz CT molecular complexity index is 334. The summed E-state index contributed by atoms with van der Waals surface area (Å²) in [5.41, 5.74) is 4.77. The number of aryl methyl sites for hydroxylation is 1. The van der Waals surface area contributed by atoms with Gasteiger partial charge in [-0.3, -0.25) is 0 Å². The van der Waals surface area contributed by atoms with Crippen molar-refractivity contribution in [2.24, 2.45) is 0 Å². The molecule has 0 bridgehead atoms. The number of hydrogen-bond acceptors (Lipinski definition) is 0. The molecular weight excluding hydrogens is 168 g/mol. The number of hydrogen-bond donors (Lipinski definition) is 0. The Morgan fingerprint density at radius 1 is 1.21 bits per heavy atom. The van der Waals surface area contributed by atoms with E-state index in [1.807, 2.05) is 0 Å². The van der Waals surface area contributed by atoms with Gasteiger partial charge >= 0.3 is 0 Å². The average molecular weight is 186 g/mol. The summed E-state index contributed by atoms with van der Waals surface area (Å²) in [6.45, 7) is 2.09. The predicted molar refractivity (Wildman–Crippen MR) is 61.6 cm³/mol. The Morgan fingerprint density at radius 2 is 2.07 bits per heavy atom. The van der Waals surface area contributed by atoms with Gasteiger partial charge in [0.1, 0.15) is 0 Å². The fraction of sp³-hybridized carbons (Fsp3) is 0.429. The Labute approximate surface area is 86.7 Å². The summed E-state index contributed by atoms with van der Waals surface area (Å²) in [6, 6.07) is 6.79. The van der Waals surface area contributed by atoms with Gasteiger partial charge in [-0.1, -0.05) is 30.4 Å². The van der Waals surface area contributed by atoms with Crippen LogP contribution in [-0.2, 0) is 19.3 Å². The van der Waals surface area contributed by atoms with E-state index in [2.05, 4.69) is 37.3 Å². The van der Waals surface area contributed by atoms with Gasteiger partial charge in [0.15, 0.2) is 0 Å². The summed E-state index contributed by atoms with van der Waals surface area (Å²) >= 11 is 0. The quantitative estimate of drug-likeness (QED) is 0.618. The molecule has 0 saturated heterocycles. The average Bonchev–Trinajstić information content (AvgIpc) is 2.26. The summed E-state index contributed by atoms with van der Waals surface area (Å²) in [5, 5.41) is 0. The van der Waals surface area contributed by atoms with Gasteiger partial charge in [-0.2, -0.15) is 0 Å². The third-order valence-electron chi connectivity index (χ3n) is 3.07. The van der Waals surface area contributed by atoms with Gasteiger partial charge in [-0.15, -0.1) is 0 Å². The van der Waals surface area contributed by atoms with Crippen LogP contribution in [0.4, 0.5) is 0 Å². The topological polar surface area (TPSA) is 0 Å². The minimum Gasteiger partial charge on any atom is -0.0913 e. The van der Waals surface area contributed by atoms with Crippen LogP contribution in [-0.4, -0.2) is 0 Å². The first-order valence-corrected chi connectivity index (χ1v) is 5.62. The first kappa shape index (κ1) is 9.51. The maximum atomic E-state index is 2.30. The van der Waals surface area contributed by atoms with Gasteiger partial charge in [0, 0.05) is 0 Å². The van der Waals surface area contributed by atoms with Crippen LogP contribution in [0.3, 0.4) is 0 Å². The molecule has 74 valence electrons. The van der Waals surface area contributed by atoms with Gasteiger partial charge in [-0.25, -0.2) is 0 Å². The molecule has 14 heavy (non-hydrogen) atoms. The van der Waals surface area contributed by atoms with E-state index in [0.717, 1.165) is 6.42 Å². The van der Waals surface area contributed by atoms with Gasteiger partial charge in [-0.05, 0) is 55.7 Å². The molecule has 0 spiro atoms. The fourth-order valence-electron chi connectivity index (χ4n) is 2.30. The SMILES string of the molecule is C/C=C/Cc1cccc2c1CCCC2. The lowest BCUT2D eigenvalue weighted by Crippen LogP contribution is -2.05. The number of benzene rings is 1. The standard InChI is InChI=1S/C14H18/c1-2-3-7-12-9-6-10-13-8-4-5-11-14(12)13/h2-3,6,9-10H,4-5,7-8,11H2,1H3/b3-2+. The van der Waals surface area contributed by atoms with Crippen molar-refractivity contribution < 1.29 is 0 Å². The van der Waals surface area contributed by atoms with E-state index in [9.17, 15) is 0 Å². The van der Waals surface area contributed by atoms with Crippen LogP contribution in [0.5, 0.6) is 0 Å². The van der Waals surface area contributed by atoms with E-state index in [0.29, 0.717) is 0 Å². The number of allylic oxidation sites excluding steroid dienone is 2. The second-order valence-corrected chi connectivity index (χ2v) is 4.04. The summed E-state index contributed by atoms with van der Waals surface area (Å²) in [5.74, 6) is 0. The molecule has 1 aliphatic rings. The Kier molecular flexibility index (Phi) is 3.03. The molecule has 1 aromatic carbocycles. The highest BCUT2D eigenvalue weighted by Crippen LogP contribution is 2.24. The van der Waals surface area contributed by atoms with Gasteiger partial charge in [0.25, 0.3) is 0 Å². The Balaban J connectivity index is 2.30. The molecule has 0 fully saturated rings. The first-order valence-electron chi connectivity index (χ1n) is 5.62. The predicted octanol–water partition coefficient (Wildman–Crippen LogP) is 3.68. The Hall–Kier alpha value is -1.04. The molecule has 0 radical (unpaired) electrons. The van der Waals surface area contributed by atoms with Crippen molar-refractivity contribution in [2.45, 2.75) is 39.0 Å². The third-order valence-corrected chi connectivity index (χ3v) is 3.07. The van der Waals surface area contributed by atoms with Crippen LogP contribution in [0.25, 0.3) is 0 Å². The van der Waals surface area contributed by atoms with E-state index in [1.54, 1.807) is 16.7 Å². The zero-order chi connectivity index (χ0) is 9.80. The molecule has 1 aliphatic carbocycles. The zero-order valence-electron chi connectivity index (χ0n) is 8.92. The van der Waals surface area contributed by atoms with E-state index in [1.165, 1.54) is 25.7 Å². The molecular formula is C14H18. The van der Waals surface area contributed by atoms with Crippen LogP contribution in [0.1, 0.15) is 36.5 Å². The molecule has 0 heterocycles. The van der Waals surface area contributed by atoms with Gasteiger partial charge in [0.05, 0.1) is 0 Å². The van der Waals surface area contributed by atoms with Gasteiger partial charge in [0.2, 0.25) is 0 Å². The maximum Gasteiger partial charge on any atom is -0.00947 e. The molecule has 0 saturated carbocycles. The van der Waals surface area contributed by atoms with Crippen LogP contribution in [0.2, 0.25) is 0 Å². The molecule has 0 aromatic heterocycles. The molecule has 0 atom stereocenters. The van der Waals surface area contributed by atoms with E-state index in [-0.39, 0.29) is 0 Å². The molecule has 0 heteroatoms. The maximum absolute atomic E-state index is 2.30. The monoisotopic (exact) mass is 186 g/mol. The van der Waals surface area contributed by atoms with Crippen molar-refractivity contribution in [3.8, 4) is 0 Å². The van der Waals surface area contributed by atoms with Crippen LogP contribution < -0.4 is 0 Å². The summed E-state index contributed by atoms with van der Waals surface area (Å²) in [7, 11) is 0. The second-order valence-electron chi connectivity index (χ2n) is 4.04. The lowest BCUT2D eigenvalue weighted by molar-refractivity contribution is 0.680. The third kappa shape index (κ3) is 1.89. The summed E-state index contributed by atoms with van der Waals surface area (Å²) in [6.07, 6.45) is 10.8. The Morgan fingerprint density at radius 3 is 2.93 bits per heavy atom. The van der Waals surface area contributed by atoms with Crippen LogP contribution in [0, 0.1) is 0 Å². The summed E-state index contributed by atoms with van der Waals surface area (Å²) < 4.78 is 0. The molecule has 0 unspecified atom stereocenters. The zero-order valence-corrected chi connectivity index (χ0v) is 8.92. The lowest BCUT2D eigenvalue weighted by atomic mass is 9.87. The molecule has 0 N–H and O–H groups in total. The fourth-order valence-corrected chi connectivity index (χ4v) is 2.30. The highest BCUT2D eigenvalue weighted by atomic mass is 14.2. The molecule has 0 amide bonds. The van der Waals surface area contributed by atoms with Crippen LogP contribution >= 0.6 is 0 Å². The molecule has 2 rings (SSSR count).